The van der Waals surface area contributed by atoms with Crippen LogP contribution in [0.5, 0.6) is 0 Å². The highest BCUT2D eigenvalue weighted by molar-refractivity contribution is 9.11. The SMILES string of the molecule is CN(C)C=NS(=O)(=O)c1cc(Br)cc(Br)c1. The number of halogens is 2. The summed E-state index contributed by atoms with van der Waals surface area (Å²) in [6.07, 6.45) is 1.25. The molecule has 0 aliphatic rings. The molecule has 0 unspecified atom stereocenters. The lowest BCUT2D eigenvalue weighted by molar-refractivity contribution is 0.594. The van der Waals surface area contributed by atoms with Gasteiger partial charge in [0.15, 0.2) is 0 Å². The third kappa shape index (κ3) is 3.88. The number of nitrogens with zero attached hydrogens (tertiary/aromatic N) is 2. The summed E-state index contributed by atoms with van der Waals surface area (Å²) < 4.78 is 28.5. The molecule has 0 radical (unpaired) electrons. The van der Waals surface area contributed by atoms with Crippen molar-refractivity contribution < 1.29 is 8.42 Å². The van der Waals surface area contributed by atoms with E-state index in [2.05, 4.69) is 36.3 Å². The summed E-state index contributed by atoms with van der Waals surface area (Å²) in [4.78, 5) is 1.71. The van der Waals surface area contributed by atoms with Crippen LogP contribution in [-0.2, 0) is 10.0 Å². The van der Waals surface area contributed by atoms with E-state index in [0.29, 0.717) is 8.95 Å². The molecule has 0 fully saturated rings. The van der Waals surface area contributed by atoms with Gasteiger partial charge in [0.25, 0.3) is 10.0 Å². The van der Waals surface area contributed by atoms with E-state index in [4.69, 9.17) is 0 Å². The number of rotatable bonds is 3. The Morgan fingerprint density at radius 3 is 2.12 bits per heavy atom. The third-order valence-corrected chi connectivity index (χ3v) is 3.67. The van der Waals surface area contributed by atoms with Gasteiger partial charge in [0.05, 0.1) is 4.90 Å². The Morgan fingerprint density at radius 2 is 1.69 bits per heavy atom. The summed E-state index contributed by atoms with van der Waals surface area (Å²) in [7, 11) is -0.224. The molecule has 0 aromatic heterocycles. The highest BCUT2D eigenvalue weighted by Crippen LogP contribution is 2.24. The van der Waals surface area contributed by atoms with E-state index >= 15 is 0 Å². The first-order valence-corrected chi connectivity index (χ1v) is 7.27. The van der Waals surface area contributed by atoms with Gasteiger partial charge >= 0.3 is 0 Å². The van der Waals surface area contributed by atoms with Gasteiger partial charge in [-0.05, 0) is 18.2 Å². The van der Waals surface area contributed by atoms with E-state index in [-0.39, 0.29) is 4.90 Å². The van der Waals surface area contributed by atoms with Crippen molar-refractivity contribution in [2.24, 2.45) is 4.40 Å². The lowest BCUT2D eigenvalue weighted by atomic mass is 10.4. The van der Waals surface area contributed by atoms with Crippen LogP contribution in [0.4, 0.5) is 0 Å². The van der Waals surface area contributed by atoms with E-state index in [1.54, 1.807) is 25.1 Å². The van der Waals surface area contributed by atoms with Crippen LogP contribution >= 0.6 is 31.9 Å². The van der Waals surface area contributed by atoms with Gasteiger partial charge in [0.2, 0.25) is 0 Å². The summed E-state index contributed by atoms with van der Waals surface area (Å²) in [5.74, 6) is 0. The number of sulfonamides is 1. The van der Waals surface area contributed by atoms with Crippen LogP contribution < -0.4 is 0 Å². The molecule has 0 aliphatic carbocycles. The van der Waals surface area contributed by atoms with Crippen molar-refractivity contribution in [3.05, 3.63) is 27.1 Å². The fourth-order valence-electron chi connectivity index (χ4n) is 0.895. The van der Waals surface area contributed by atoms with Gasteiger partial charge in [0, 0.05) is 23.0 Å². The monoisotopic (exact) mass is 368 g/mol. The predicted octanol–water partition coefficient (Wildman–Crippen LogP) is 2.49. The van der Waals surface area contributed by atoms with Gasteiger partial charge < -0.3 is 4.90 Å². The topological polar surface area (TPSA) is 49.7 Å². The average molecular weight is 370 g/mol. The molecule has 0 spiro atoms. The Balaban J connectivity index is 3.17. The van der Waals surface area contributed by atoms with E-state index in [1.807, 2.05) is 0 Å². The van der Waals surface area contributed by atoms with Crippen molar-refractivity contribution >= 4 is 48.2 Å². The third-order valence-electron chi connectivity index (χ3n) is 1.55. The van der Waals surface area contributed by atoms with Crippen LogP contribution in [0.25, 0.3) is 0 Å². The maximum Gasteiger partial charge on any atom is 0.283 e. The minimum Gasteiger partial charge on any atom is -0.368 e. The van der Waals surface area contributed by atoms with Crippen LogP contribution in [0, 0.1) is 0 Å². The van der Waals surface area contributed by atoms with Crippen LogP contribution in [0.15, 0.2) is 36.4 Å². The van der Waals surface area contributed by atoms with Crippen molar-refractivity contribution in [3.8, 4) is 0 Å². The minimum absolute atomic E-state index is 0.145. The predicted molar refractivity (Wildman–Crippen MR) is 71.2 cm³/mol. The normalized spacial score (nSPS) is 12.0. The largest absolute Gasteiger partial charge is 0.368 e. The molecule has 0 heterocycles. The molecule has 0 bridgehead atoms. The van der Waals surface area contributed by atoms with E-state index < -0.39 is 10.0 Å². The van der Waals surface area contributed by atoms with Gasteiger partial charge in [-0.1, -0.05) is 31.9 Å². The lowest BCUT2D eigenvalue weighted by Gasteiger charge is -2.04. The second-order valence-electron chi connectivity index (χ2n) is 3.26. The van der Waals surface area contributed by atoms with Crippen LogP contribution in [0.3, 0.4) is 0 Å². The molecular weight excluding hydrogens is 360 g/mol. The summed E-state index contributed by atoms with van der Waals surface area (Å²) in [6.45, 7) is 0. The van der Waals surface area contributed by atoms with Crippen LogP contribution in [-0.4, -0.2) is 33.8 Å². The Labute approximate surface area is 112 Å². The van der Waals surface area contributed by atoms with Crippen molar-refractivity contribution in [2.45, 2.75) is 4.90 Å². The highest BCUT2D eigenvalue weighted by Gasteiger charge is 2.13. The molecule has 1 aromatic carbocycles. The summed E-state index contributed by atoms with van der Waals surface area (Å²) >= 11 is 6.46. The van der Waals surface area contributed by atoms with Gasteiger partial charge in [-0.3, -0.25) is 0 Å². The number of hydrogen-bond acceptors (Lipinski definition) is 2. The maximum absolute atomic E-state index is 11.8. The molecule has 4 nitrogen and oxygen atoms in total. The fraction of sp³-hybridized carbons (Fsp3) is 0.222. The van der Waals surface area contributed by atoms with Crippen LogP contribution in [0.2, 0.25) is 0 Å². The first kappa shape index (κ1) is 13.7. The number of benzene rings is 1. The Morgan fingerprint density at radius 1 is 1.19 bits per heavy atom. The van der Waals surface area contributed by atoms with Crippen molar-refractivity contribution in [3.63, 3.8) is 0 Å². The smallest absolute Gasteiger partial charge is 0.283 e. The quantitative estimate of drug-likeness (QED) is 0.607. The number of hydrogen-bond donors (Lipinski definition) is 0. The van der Waals surface area contributed by atoms with Gasteiger partial charge in [-0.15, -0.1) is 4.40 Å². The molecule has 0 atom stereocenters. The molecule has 16 heavy (non-hydrogen) atoms. The first-order valence-electron chi connectivity index (χ1n) is 4.24. The van der Waals surface area contributed by atoms with E-state index in [0.717, 1.165) is 0 Å². The molecule has 0 amide bonds. The standard InChI is InChI=1S/C9H10Br2N2O2S/c1-13(2)6-12-16(14,15)9-4-7(10)3-8(11)5-9/h3-6H,1-2H3. The van der Waals surface area contributed by atoms with Gasteiger partial charge in [-0.25, -0.2) is 0 Å². The zero-order chi connectivity index (χ0) is 12.3. The summed E-state index contributed by atoms with van der Waals surface area (Å²) in [5.41, 5.74) is 0. The summed E-state index contributed by atoms with van der Waals surface area (Å²) in [6, 6.07) is 4.77. The van der Waals surface area contributed by atoms with Crippen molar-refractivity contribution in [2.75, 3.05) is 14.1 Å². The Bertz CT molecular complexity index is 492. The maximum atomic E-state index is 11.8. The molecule has 1 rings (SSSR count). The molecule has 0 N–H and O–H groups in total. The minimum atomic E-state index is -3.63. The molecule has 0 saturated carbocycles. The van der Waals surface area contributed by atoms with Gasteiger partial charge in [-0.2, -0.15) is 8.42 Å². The lowest BCUT2D eigenvalue weighted by Crippen LogP contribution is -2.10. The van der Waals surface area contributed by atoms with E-state index in [9.17, 15) is 8.42 Å². The second kappa shape index (κ2) is 5.29. The molecule has 1 aromatic rings. The van der Waals surface area contributed by atoms with Crippen molar-refractivity contribution in [1.82, 2.24) is 4.90 Å². The second-order valence-corrected chi connectivity index (χ2v) is 6.73. The molecule has 0 aliphatic heterocycles. The molecule has 0 saturated heterocycles. The first-order chi connectivity index (χ1) is 7.31. The zero-order valence-corrected chi connectivity index (χ0v) is 12.7. The van der Waals surface area contributed by atoms with Crippen LogP contribution in [0.1, 0.15) is 0 Å². The Hall–Kier alpha value is -0.400. The molecular formula is C9H10Br2N2O2S. The zero-order valence-electron chi connectivity index (χ0n) is 8.68. The Kier molecular flexibility index (Phi) is 4.52. The molecule has 7 heteroatoms. The highest BCUT2D eigenvalue weighted by atomic mass is 79.9. The van der Waals surface area contributed by atoms with Gasteiger partial charge in [0.1, 0.15) is 6.34 Å². The average Bonchev–Trinajstić information content (AvgIpc) is 2.13. The van der Waals surface area contributed by atoms with Crippen molar-refractivity contribution in [1.29, 1.82) is 0 Å². The molecule has 88 valence electrons. The fourth-order valence-corrected chi connectivity index (χ4v) is 3.48. The van der Waals surface area contributed by atoms with E-state index in [1.165, 1.54) is 18.5 Å². The summed E-state index contributed by atoms with van der Waals surface area (Å²) in [5, 5.41) is 0.